The zero-order chi connectivity index (χ0) is 11.1. The molecule has 0 saturated carbocycles. The Kier molecular flexibility index (Phi) is 5.05. The molecular weight excluding hydrogens is 184 g/mol. The lowest BCUT2D eigenvalue weighted by Gasteiger charge is -2.19. The van der Waals surface area contributed by atoms with Crippen LogP contribution in [-0.4, -0.2) is 11.0 Å². The third-order valence-corrected chi connectivity index (χ3v) is 2.47. The molecule has 0 radical (unpaired) electrons. The molecule has 2 heteroatoms. The summed E-state index contributed by atoms with van der Waals surface area (Å²) in [5.74, 6) is 0. The van der Waals surface area contributed by atoms with Crippen molar-refractivity contribution in [3.63, 3.8) is 0 Å². The van der Waals surface area contributed by atoms with Gasteiger partial charge in [0.1, 0.15) is 0 Å². The van der Waals surface area contributed by atoms with Gasteiger partial charge < -0.3 is 5.32 Å². The molecule has 0 fully saturated rings. The van der Waals surface area contributed by atoms with Crippen molar-refractivity contribution < 1.29 is 0 Å². The van der Waals surface area contributed by atoms with Crippen molar-refractivity contribution in [3.8, 4) is 0 Å². The molecule has 0 aromatic carbocycles. The normalized spacial score (nSPS) is 14.5. The van der Waals surface area contributed by atoms with Gasteiger partial charge in [-0.25, -0.2) is 0 Å². The predicted octanol–water partition coefficient (Wildman–Crippen LogP) is 3.09. The van der Waals surface area contributed by atoms with Crippen molar-refractivity contribution >= 4 is 0 Å². The van der Waals surface area contributed by atoms with E-state index in [1.807, 2.05) is 24.4 Å². The summed E-state index contributed by atoms with van der Waals surface area (Å²) in [6.45, 7) is 8.07. The molecule has 15 heavy (non-hydrogen) atoms. The van der Waals surface area contributed by atoms with Crippen molar-refractivity contribution in [2.75, 3.05) is 0 Å². The SMILES string of the molecule is C=CCC[C@@H](C)N[C@H](C)c1ccccn1. The first-order valence-corrected chi connectivity index (χ1v) is 5.52. The Bertz CT molecular complexity index is 282. The van der Waals surface area contributed by atoms with Crippen LogP contribution in [0.4, 0.5) is 0 Å². The molecule has 0 amide bonds. The zero-order valence-corrected chi connectivity index (χ0v) is 9.61. The molecular formula is C13H20N2. The van der Waals surface area contributed by atoms with E-state index in [9.17, 15) is 0 Å². The summed E-state index contributed by atoms with van der Waals surface area (Å²) in [6, 6.07) is 6.83. The average Bonchev–Trinajstić information content (AvgIpc) is 2.27. The van der Waals surface area contributed by atoms with Gasteiger partial charge in [0, 0.05) is 18.3 Å². The molecule has 0 aliphatic rings. The van der Waals surface area contributed by atoms with Gasteiger partial charge in [-0.15, -0.1) is 6.58 Å². The smallest absolute Gasteiger partial charge is 0.0570 e. The predicted molar refractivity (Wildman–Crippen MR) is 64.7 cm³/mol. The van der Waals surface area contributed by atoms with Gasteiger partial charge in [-0.05, 0) is 38.8 Å². The van der Waals surface area contributed by atoms with E-state index in [1.54, 1.807) is 0 Å². The third kappa shape index (κ3) is 4.26. The first-order valence-electron chi connectivity index (χ1n) is 5.52. The number of rotatable bonds is 6. The second-order valence-electron chi connectivity index (χ2n) is 3.91. The van der Waals surface area contributed by atoms with Crippen molar-refractivity contribution in [1.82, 2.24) is 10.3 Å². The highest BCUT2D eigenvalue weighted by Gasteiger charge is 2.08. The van der Waals surface area contributed by atoms with E-state index in [0.717, 1.165) is 18.5 Å². The maximum atomic E-state index is 4.33. The second kappa shape index (κ2) is 6.36. The van der Waals surface area contributed by atoms with Crippen LogP contribution in [0.15, 0.2) is 37.1 Å². The zero-order valence-electron chi connectivity index (χ0n) is 9.61. The highest BCUT2D eigenvalue weighted by Crippen LogP contribution is 2.10. The van der Waals surface area contributed by atoms with E-state index in [0.29, 0.717) is 12.1 Å². The van der Waals surface area contributed by atoms with Gasteiger partial charge in [0.2, 0.25) is 0 Å². The molecule has 0 aliphatic carbocycles. The van der Waals surface area contributed by atoms with Crippen LogP contribution in [0.5, 0.6) is 0 Å². The Labute approximate surface area is 92.4 Å². The number of hydrogen-bond donors (Lipinski definition) is 1. The molecule has 0 bridgehead atoms. The van der Waals surface area contributed by atoms with Gasteiger partial charge in [0.15, 0.2) is 0 Å². The molecule has 1 aromatic rings. The van der Waals surface area contributed by atoms with E-state index in [1.165, 1.54) is 0 Å². The van der Waals surface area contributed by atoms with Crippen LogP contribution in [0.1, 0.15) is 38.4 Å². The molecule has 0 unspecified atom stereocenters. The van der Waals surface area contributed by atoms with Crippen LogP contribution in [0.3, 0.4) is 0 Å². The van der Waals surface area contributed by atoms with E-state index >= 15 is 0 Å². The molecule has 1 aromatic heterocycles. The van der Waals surface area contributed by atoms with Gasteiger partial charge in [-0.2, -0.15) is 0 Å². The quantitative estimate of drug-likeness (QED) is 0.720. The van der Waals surface area contributed by atoms with Crippen molar-refractivity contribution in [3.05, 3.63) is 42.7 Å². The minimum atomic E-state index is 0.311. The minimum absolute atomic E-state index is 0.311. The Balaban J connectivity index is 2.41. The van der Waals surface area contributed by atoms with Crippen LogP contribution in [0.2, 0.25) is 0 Å². The highest BCUT2D eigenvalue weighted by molar-refractivity contribution is 5.07. The lowest BCUT2D eigenvalue weighted by molar-refractivity contribution is 0.453. The largest absolute Gasteiger partial charge is 0.306 e. The molecule has 0 aliphatic heterocycles. The van der Waals surface area contributed by atoms with Gasteiger partial charge in [0.05, 0.1) is 5.69 Å². The highest BCUT2D eigenvalue weighted by atomic mass is 15.0. The first-order chi connectivity index (χ1) is 7.24. The number of allylic oxidation sites excluding steroid dienone is 1. The van der Waals surface area contributed by atoms with Crippen LogP contribution in [0.25, 0.3) is 0 Å². The number of aromatic nitrogens is 1. The summed E-state index contributed by atoms with van der Waals surface area (Å²) in [6.07, 6.45) is 5.98. The molecule has 0 spiro atoms. The van der Waals surface area contributed by atoms with Crippen molar-refractivity contribution in [1.29, 1.82) is 0 Å². The van der Waals surface area contributed by atoms with Crippen LogP contribution >= 0.6 is 0 Å². The topological polar surface area (TPSA) is 24.9 Å². The van der Waals surface area contributed by atoms with E-state index in [2.05, 4.69) is 36.8 Å². The molecule has 0 saturated heterocycles. The fourth-order valence-electron chi connectivity index (χ4n) is 1.60. The number of nitrogens with one attached hydrogen (secondary N) is 1. The maximum Gasteiger partial charge on any atom is 0.0570 e. The van der Waals surface area contributed by atoms with Crippen molar-refractivity contribution in [2.24, 2.45) is 0 Å². The lowest BCUT2D eigenvalue weighted by atomic mass is 10.1. The minimum Gasteiger partial charge on any atom is -0.306 e. The fraction of sp³-hybridized carbons (Fsp3) is 0.462. The van der Waals surface area contributed by atoms with Gasteiger partial charge in [-0.1, -0.05) is 12.1 Å². The summed E-state index contributed by atoms with van der Waals surface area (Å²) in [4.78, 5) is 4.33. The molecule has 1 rings (SSSR count). The molecule has 2 atom stereocenters. The van der Waals surface area contributed by atoms with Crippen molar-refractivity contribution in [2.45, 2.75) is 38.8 Å². The Morgan fingerprint density at radius 3 is 2.87 bits per heavy atom. The second-order valence-corrected chi connectivity index (χ2v) is 3.91. The summed E-state index contributed by atoms with van der Waals surface area (Å²) in [5, 5.41) is 3.52. The molecule has 1 N–H and O–H groups in total. The van der Waals surface area contributed by atoms with E-state index < -0.39 is 0 Å². The lowest BCUT2D eigenvalue weighted by Crippen LogP contribution is -2.29. The molecule has 82 valence electrons. The monoisotopic (exact) mass is 204 g/mol. The fourth-order valence-corrected chi connectivity index (χ4v) is 1.60. The summed E-state index contributed by atoms with van der Waals surface area (Å²) < 4.78 is 0. The van der Waals surface area contributed by atoms with Gasteiger partial charge in [-0.3, -0.25) is 4.98 Å². The van der Waals surface area contributed by atoms with E-state index in [4.69, 9.17) is 0 Å². The maximum absolute atomic E-state index is 4.33. The Morgan fingerprint density at radius 1 is 1.47 bits per heavy atom. The Morgan fingerprint density at radius 2 is 2.27 bits per heavy atom. The summed E-state index contributed by atoms with van der Waals surface area (Å²) >= 11 is 0. The standard InChI is InChI=1S/C13H20N2/c1-4-5-8-11(2)15-12(3)13-9-6-7-10-14-13/h4,6-7,9-12,15H,1,5,8H2,2-3H3/t11-,12-/m1/s1. The Hall–Kier alpha value is -1.15. The first kappa shape index (κ1) is 11.9. The average molecular weight is 204 g/mol. The molecule has 2 nitrogen and oxygen atoms in total. The van der Waals surface area contributed by atoms with Crippen LogP contribution in [0, 0.1) is 0 Å². The number of nitrogens with zero attached hydrogens (tertiary/aromatic N) is 1. The van der Waals surface area contributed by atoms with Crippen LogP contribution < -0.4 is 5.32 Å². The van der Waals surface area contributed by atoms with Crippen LogP contribution in [-0.2, 0) is 0 Å². The molecule has 1 heterocycles. The summed E-state index contributed by atoms with van der Waals surface area (Å²) in [5.41, 5.74) is 1.10. The number of pyridine rings is 1. The van der Waals surface area contributed by atoms with Gasteiger partial charge in [0.25, 0.3) is 0 Å². The third-order valence-electron chi connectivity index (χ3n) is 2.47. The van der Waals surface area contributed by atoms with E-state index in [-0.39, 0.29) is 0 Å². The van der Waals surface area contributed by atoms with Gasteiger partial charge >= 0.3 is 0 Å². The summed E-state index contributed by atoms with van der Waals surface area (Å²) in [7, 11) is 0. The number of hydrogen-bond acceptors (Lipinski definition) is 2.